The average Bonchev–Trinajstić information content (AvgIpc) is 2.03. The zero-order chi connectivity index (χ0) is 9.14. The molecule has 1 aromatic rings. The molecule has 0 spiro atoms. The van der Waals surface area contributed by atoms with Gasteiger partial charge in [-0.3, -0.25) is 4.98 Å². The van der Waals surface area contributed by atoms with Gasteiger partial charge in [-0.2, -0.15) is 0 Å². The predicted molar refractivity (Wildman–Crippen MR) is 54.0 cm³/mol. The number of pyridine rings is 1. The van der Waals surface area contributed by atoms with Gasteiger partial charge in [-0.1, -0.05) is 24.8 Å². The Morgan fingerprint density at radius 2 is 2.33 bits per heavy atom. The molecule has 0 atom stereocenters. The Hall–Kier alpha value is -1.08. The van der Waals surface area contributed by atoms with Crippen LogP contribution in [0.3, 0.4) is 0 Å². The highest BCUT2D eigenvalue weighted by molar-refractivity contribution is 6.48. The van der Waals surface area contributed by atoms with Crippen molar-refractivity contribution in [1.29, 1.82) is 0 Å². The maximum absolute atomic E-state index is 5.81. The summed E-state index contributed by atoms with van der Waals surface area (Å²) in [4.78, 5) is 4.12. The summed E-state index contributed by atoms with van der Waals surface area (Å²) in [5.74, 6) is 0. The van der Waals surface area contributed by atoms with Gasteiger partial charge in [0, 0.05) is 16.8 Å². The van der Waals surface area contributed by atoms with E-state index in [9.17, 15) is 0 Å². The summed E-state index contributed by atoms with van der Waals surface area (Å²) in [6.07, 6.45) is 3.41. The van der Waals surface area contributed by atoms with E-state index in [1.54, 1.807) is 12.3 Å². The fraction of sp³-hybridized carbons (Fsp3) is 0.100. The van der Waals surface area contributed by atoms with Crippen molar-refractivity contribution in [3.63, 3.8) is 0 Å². The molecule has 0 unspecified atom stereocenters. The predicted octanol–water partition coefficient (Wildman–Crippen LogP) is 3.24. The van der Waals surface area contributed by atoms with Gasteiger partial charge in [-0.25, -0.2) is 0 Å². The van der Waals surface area contributed by atoms with E-state index in [1.165, 1.54) is 0 Å². The summed E-state index contributed by atoms with van der Waals surface area (Å²) in [5, 5.41) is 0.510. The van der Waals surface area contributed by atoms with Gasteiger partial charge >= 0.3 is 0 Å². The molecule has 0 radical (unpaired) electrons. The Kier molecular flexibility index (Phi) is 2.66. The summed E-state index contributed by atoms with van der Waals surface area (Å²) in [6, 6.07) is 1.90. The third-order valence-electron chi connectivity index (χ3n) is 1.65. The maximum atomic E-state index is 5.81. The molecule has 0 saturated carbocycles. The van der Waals surface area contributed by atoms with Crippen molar-refractivity contribution in [2.24, 2.45) is 0 Å². The maximum Gasteiger partial charge on any atom is 0.0713 e. The lowest BCUT2D eigenvalue weighted by Crippen LogP contribution is -1.91. The average molecular weight is 180 g/mol. The molecule has 1 aromatic heterocycles. The Morgan fingerprint density at radius 3 is 2.75 bits per heavy atom. The number of nitrogens with zero attached hydrogens (tertiary/aromatic N) is 1. The molecule has 62 valence electrons. The second kappa shape index (κ2) is 3.55. The van der Waals surface area contributed by atoms with E-state index in [4.69, 9.17) is 11.6 Å². The Morgan fingerprint density at radius 1 is 1.67 bits per heavy atom. The van der Waals surface area contributed by atoms with Gasteiger partial charge in [0.25, 0.3) is 0 Å². The van der Waals surface area contributed by atoms with Crippen LogP contribution in [0.15, 0.2) is 25.4 Å². The fourth-order valence-corrected chi connectivity index (χ4v) is 1.33. The van der Waals surface area contributed by atoms with Crippen molar-refractivity contribution >= 4 is 22.7 Å². The lowest BCUT2D eigenvalue weighted by atomic mass is 10.1. The fourth-order valence-electron chi connectivity index (χ4n) is 1.09. The number of halogens is 1. The van der Waals surface area contributed by atoms with E-state index >= 15 is 0 Å². The number of rotatable bonds is 2. The molecule has 1 rings (SSSR count). The van der Waals surface area contributed by atoms with Gasteiger partial charge in [0.05, 0.1) is 5.69 Å². The van der Waals surface area contributed by atoms with Crippen molar-refractivity contribution in [3.05, 3.63) is 42.2 Å². The highest BCUT2D eigenvalue weighted by atomic mass is 35.5. The summed E-state index contributed by atoms with van der Waals surface area (Å²) in [7, 11) is 0. The molecular weight excluding hydrogens is 170 g/mol. The number of hydrogen-bond donors (Lipinski definition) is 0. The molecule has 1 heterocycles. The summed E-state index contributed by atoms with van der Waals surface area (Å²) >= 11 is 5.81. The second-order valence-corrected chi connectivity index (χ2v) is 2.95. The van der Waals surface area contributed by atoms with Crippen molar-refractivity contribution < 1.29 is 0 Å². The molecule has 2 heteroatoms. The van der Waals surface area contributed by atoms with Crippen LogP contribution in [0.1, 0.15) is 16.8 Å². The van der Waals surface area contributed by atoms with Crippen LogP contribution in [-0.2, 0) is 0 Å². The molecule has 0 fully saturated rings. The van der Waals surface area contributed by atoms with Crippen LogP contribution in [0, 0.1) is 6.92 Å². The standard InChI is InChI=1S/C10H10ClN/c1-4-9-10(8(3)11)7(2)5-6-12-9/h4-6H,1,3H2,2H3. The van der Waals surface area contributed by atoms with Gasteiger partial charge in [-0.05, 0) is 24.6 Å². The Balaban J connectivity index is 3.39. The Labute approximate surface area is 77.4 Å². The summed E-state index contributed by atoms with van der Waals surface area (Å²) < 4.78 is 0. The zero-order valence-electron chi connectivity index (χ0n) is 6.97. The SMILES string of the molecule is C=Cc1nccc(C)c1C(=C)Cl. The lowest BCUT2D eigenvalue weighted by molar-refractivity contribution is 1.24. The van der Waals surface area contributed by atoms with Crippen molar-refractivity contribution in [2.45, 2.75) is 6.92 Å². The third-order valence-corrected chi connectivity index (χ3v) is 1.84. The van der Waals surface area contributed by atoms with E-state index in [2.05, 4.69) is 18.1 Å². The molecule has 12 heavy (non-hydrogen) atoms. The van der Waals surface area contributed by atoms with Crippen LogP contribution >= 0.6 is 11.6 Å². The van der Waals surface area contributed by atoms with Gasteiger partial charge in [-0.15, -0.1) is 0 Å². The molecule has 0 amide bonds. The second-order valence-electron chi connectivity index (χ2n) is 2.50. The van der Waals surface area contributed by atoms with Gasteiger partial charge < -0.3 is 0 Å². The quantitative estimate of drug-likeness (QED) is 0.679. The van der Waals surface area contributed by atoms with Crippen molar-refractivity contribution in [2.75, 3.05) is 0 Å². The van der Waals surface area contributed by atoms with E-state index in [0.717, 1.165) is 16.8 Å². The number of aryl methyl sites for hydroxylation is 1. The first-order valence-corrected chi connectivity index (χ1v) is 3.97. The van der Waals surface area contributed by atoms with Crippen molar-refractivity contribution in [3.8, 4) is 0 Å². The van der Waals surface area contributed by atoms with E-state index in [-0.39, 0.29) is 0 Å². The Bertz CT molecular complexity index is 329. The minimum atomic E-state index is 0.510. The largest absolute Gasteiger partial charge is 0.256 e. The molecular formula is C10H10ClN. The first-order valence-electron chi connectivity index (χ1n) is 3.59. The highest BCUT2D eigenvalue weighted by Crippen LogP contribution is 2.23. The van der Waals surface area contributed by atoms with Gasteiger partial charge in [0.1, 0.15) is 0 Å². The van der Waals surface area contributed by atoms with Crippen molar-refractivity contribution in [1.82, 2.24) is 4.98 Å². The molecule has 1 nitrogen and oxygen atoms in total. The topological polar surface area (TPSA) is 12.9 Å². The molecule has 0 bridgehead atoms. The minimum absolute atomic E-state index is 0.510. The molecule has 0 saturated heterocycles. The van der Waals surface area contributed by atoms with E-state index in [1.807, 2.05) is 13.0 Å². The normalized spacial score (nSPS) is 9.50. The molecule has 0 aliphatic heterocycles. The summed E-state index contributed by atoms with van der Waals surface area (Å²) in [6.45, 7) is 9.30. The van der Waals surface area contributed by atoms with Crippen LogP contribution in [0.25, 0.3) is 11.1 Å². The van der Waals surface area contributed by atoms with Crippen LogP contribution in [0.5, 0.6) is 0 Å². The monoisotopic (exact) mass is 179 g/mol. The highest BCUT2D eigenvalue weighted by Gasteiger charge is 2.05. The van der Waals surface area contributed by atoms with Crippen LogP contribution < -0.4 is 0 Å². The van der Waals surface area contributed by atoms with Crippen LogP contribution in [0.2, 0.25) is 0 Å². The lowest BCUT2D eigenvalue weighted by Gasteiger charge is -2.05. The number of hydrogen-bond acceptors (Lipinski definition) is 1. The number of aromatic nitrogens is 1. The molecule has 0 aromatic carbocycles. The van der Waals surface area contributed by atoms with E-state index in [0.29, 0.717) is 5.03 Å². The van der Waals surface area contributed by atoms with Crippen LogP contribution in [-0.4, -0.2) is 4.98 Å². The summed E-state index contributed by atoms with van der Waals surface area (Å²) in [5.41, 5.74) is 2.74. The first kappa shape index (κ1) is 9.01. The molecule has 0 N–H and O–H groups in total. The zero-order valence-corrected chi connectivity index (χ0v) is 7.73. The van der Waals surface area contributed by atoms with Gasteiger partial charge in [0.15, 0.2) is 0 Å². The minimum Gasteiger partial charge on any atom is -0.256 e. The van der Waals surface area contributed by atoms with Gasteiger partial charge in [0.2, 0.25) is 0 Å². The molecule has 0 aliphatic rings. The van der Waals surface area contributed by atoms with Crippen LogP contribution in [0.4, 0.5) is 0 Å². The molecule has 0 aliphatic carbocycles. The first-order chi connectivity index (χ1) is 5.66. The smallest absolute Gasteiger partial charge is 0.0713 e. The van der Waals surface area contributed by atoms with E-state index < -0.39 is 0 Å². The third kappa shape index (κ3) is 1.56.